The molecule has 6 nitrogen and oxygen atoms in total. The summed E-state index contributed by atoms with van der Waals surface area (Å²) in [6.45, 7) is 7.62. The predicted octanol–water partition coefficient (Wildman–Crippen LogP) is 4.38. The summed E-state index contributed by atoms with van der Waals surface area (Å²) in [6, 6.07) is -0.738. The van der Waals surface area contributed by atoms with Gasteiger partial charge in [-0.05, 0) is 111 Å². The molecule has 3 N–H and O–H groups in total. The molecule has 4 saturated carbocycles. The summed E-state index contributed by atoms with van der Waals surface area (Å²) in [6.07, 6.45) is 9.48. The standard InChI is InChI=1S/C29H47NO5S/c1-16(4-7-25(33)30-15-19(36)14-23(30)27(34)35)20-5-6-21-26-22(9-11-29(20,21)3)28(2)10-8-18(31)12-17(28)13-24(26)32/h16-24,26,31-32,36H,4-15H2,1-3H3,(H,34,35)/t16-,17+,18-,19+,20-,21?,22?,23+,24+,26?,28+,29-/m1/s1. The van der Waals surface area contributed by atoms with Gasteiger partial charge < -0.3 is 20.2 Å². The van der Waals surface area contributed by atoms with Crippen molar-refractivity contribution in [2.75, 3.05) is 6.54 Å². The highest BCUT2D eigenvalue weighted by molar-refractivity contribution is 7.81. The van der Waals surface area contributed by atoms with Crippen molar-refractivity contribution in [3.05, 3.63) is 0 Å². The highest BCUT2D eigenvalue weighted by Gasteiger charge is 2.62. The van der Waals surface area contributed by atoms with Gasteiger partial charge in [-0.2, -0.15) is 12.6 Å². The van der Waals surface area contributed by atoms with Crippen molar-refractivity contribution in [1.82, 2.24) is 4.90 Å². The molecule has 0 aromatic carbocycles. The number of fused-ring (bicyclic) bond motifs is 5. The number of aliphatic carboxylic acids is 1. The Bertz CT molecular complexity index is 869. The molecule has 5 rings (SSSR count). The van der Waals surface area contributed by atoms with Crippen LogP contribution >= 0.6 is 12.6 Å². The van der Waals surface area contributed by atoms with Crippen LogP contribution in [0.3, 0.4) is 0 Å². The largest absolute Gasteiger partial charge is 0.480 e. The van der Waals surface area contributed by atoms with Gasteiger partial charge in [0, 0.05) is 18.2 Å². The van der Waals surface area contributed by atoms with Crippen LogP contribution < -0.4 is 0 Å². The molecule has 0 aromatic heterocycles. The number of amides is 1. The van der Waals surface area contributed by atoms with E-state index in [0.717, 1.165) is 51.4 Å². The van der Waals surface area contributed by atoms with Gasteiger partial charge in [0.2, 0.25) is 5.91 Å². The molecule has 1 heterocycles. The number of carboxylic acids is 1. The van der Waals surface area contributed by atoms with Crippen LogP contribution in [-0.4, -0.2) is 62.1 Å². The summed E-state index contributed by atoms with van der Waals surface area (Å²) < 4.78 is 0. The van der Waals surface area contributed by atoms with E-state index in [9.17, 15) is 24.9 Å². The number of hydrogen-bond acceptors (Lipinski definition) is 5. The van der Waals surface area contributed by atoms with Gasteiger partial charge in [0.25, 0.3) is 0 Å². The first-order chi connectivity index (χ1) is 17.0. The topological polar surface area (TPSA) is 98.1 Å². The SMILES string of the molecule is C[C@H](CCC(=O)N1C[C@@H](S)C[C@H]1C(=O)O)[C@H]1CCC2C3C(CC[C@@]21C)[C@@]1(C)CC[C@@H](O)C[C@H]1C[C@@H]3O. The summed E-state index contributed by atoms with van der Waals surface area (Å²) in [5, 5.41) is 31.2. The maximum atomic E-state index is 13.0. The van der Waals surface area contributed by atoms with E-state index in [1.807, 2.05) is 0 Å². The summed E-state index contributed by atoms with van der Waals surface area (Å²) >= 11 is 4.44. The Morgan fingerprint density at radius 3 is 2.42 bits per heavy atom. The van der Waals surface area contributed by atoms with Crippen molar-refractivity contribution in [2.45, 2.75) is 115 Å². The third-order valence-electron chi connectivity index (χ3n) is 12.1. The van der Waals surface area contributed by atoms with Crippen molar-refractivity contribution in [3.8, 4) is 0 Å². The lowest BCUT2D eigenvalue weighted by molar-refractivity contribution is -0.174. The molecule has 4 aliphatic carbocycles. The van der Waals surface area contributed by atoms with Crippen molar-refractivity contribution in [3.63, 3.8) is 0 Å². The summed E-state index contributed by atoms with van der Waals surface area (Å²) in [4.78, 5) is 26.1. The molecular formula is C29H47NO5S. The molecule has 0 bridgehead atoms. The van der Waals surface area contributed by atoms with Crippen LogP contribution in [0, 0.1) is 46.3 Å². The number of carboxylic acid groups (broad SMARTS) is 1. The summed E-state index contributed by atoms with van der Waals surface area (Å²) in [7, 11) is 0. The highest BCUT2D eigenvalue weighted by atomic mass is 32.1. The second kappa shape index (κ2) is 9.75. The first-order valence-corrected chi connectivity index (χ1v) is 15.0. The average molecular weight is 522 g/mol. The van der Waals surface area contributed by atoms with Gasteiger partial charge in [-0.15, -0.1) is 0 Å². The molecule has 5 aliphatic rings. The third-order valence-corrected chi connectivity index (χ3v) is 12.5. The molecule has 5 fully saturated rings. The summed E-state index contributed by atoms with van der Waals surface area (Å²) in [5.41, 5.74) is 0.428. The van der Waals surface area contributed by atoms with E-state index in [4.69, 9.17) is 0 Å². The van der Waals surface area contributed by atoms with E-state index in [1.165, 1.54) is 11.3 Å². The van der Waals surface area contributed by atoms with Gasteiger partial charge in [0.15, 0.2) is 0 Å². The maximum Gasteiger partial charge on any atom is 0.326 e. The molecule has 1 amide bonds. The molecule has 0 spiro atoms. The van der Waals surface area contributed by atoms with E-state index in [0.29, 0.717) is 54.9 Å². The fourth-order valence-corrected chi connectivity index (χ4v) is 10.6. The lowest BCUT2D eigenvalue weighted by atomic mass is 9.43. The normalized spacial score (nSPS) is 49.2. The zero-order valence-electron chi connectivity index (χ0n) is 22.3. The smallest absolute Gasteiger partial charge is 0.326 e. The number of rotatable bonds is 5. The lowest BCUT2D eigenvalue weighted by Crippen LogP contribution is -2.58. The van der Waals surface area contributed by atoms with Crippen LogP contribution in [0.1, 0.15) is 91.4 Å². The van der Waals surface area contributed by atoms with Crippen LogP contribution in [0.25, 0.3) is 0 Å². The summed E-state index contributed by atoms with van der Waals surface area (Å²) in [5.74, 6) is 1.82. The lowest BCUT2D eigenvalue weighted by Gasteiger charge is -2.62. The Labute approximate surface area is 222 Å². The second-order valence-corrected chi connectivity index (χ2v) is 14.5. The van der Waals surface area contributed by atoms with Crippen LogP contribution in [-0.2, 0) is 9.59 Å². The third kappa shape index (κ3) is 4.33. The van der Waals surface area contributed by atoms with Crippen LogP contribution in [0.2, 0.25) is 0 Å². The van der Waals surface area contributed by atoms with E-state index in [-0.39, 0.29) is 34.2 Å². The number of nitrogens with zero attached hydrogens (tertiary/aromatic N) is 1. The Morgan fingerprint density at radius 2 is 1.69 bits per heavy atom. The van der Waals surface area contributed by atoms with Gasteiger partial charge in [0.1, 0.15) is 6.04 Å². The van der Waals surface area contributed by atoms with Crippen molar-refractivity contribution in [1.29, 1.82) is 0 Å². The van der Waals surface area contributed by atoms with E-state index in [1.54, 1.807) is 0 Å². The zero-order chi connectivity index (χ0) is 26.0. The van der Waals surface area contributed by atoms with Crippen molar-refractivity contribution >= 4 is 24.5 Å². The molecule has 204 valence electrons. The number of carbonyl (C=O) groups excluding carboxylic acids is 1. The van der Waals surface area contributed by atoms with E-state index < -0.39 is 12.0 Å². The Morgan fingerprint density at radius 1 is 1.00 bits per heavy atom. The molecule has 3 unspecified atom stereocenters. The number of likely N-dealkylation sites (tertiary alicyclic amines) is 1. The molecule has 0 radical (unpaired) electrons. The fourth-order valence-electron chi connectivity index (χ4n) is 10.2. The Hall–Kier alpha value is -0.790. The quantitative estimate of drug-likeness (QED) is 0.403. The van der Waals surface area contributed by atoms with Crippen LogP contribution in [0.15, 0.2) is 0 Å². The van der Waals surface area contributed by atoms with Crippen molar-refractivity contribution < 1.29 is 24.9 Å². The first-order valence-electron chi connectivity index (χ1n) is 14.5. The van der Waals surface area contributed by atoms with Gasteiger partial charge in [-0.25, -0.2) is 4.79 Å². The molecule has 1 aliphatic heterocycles. The fraction of sp³-hybridized carbons (Fsp3) is 0.931. The Balaban J connectivity index is 1.25. The first kappa shape index (κ1) is 26.8. The highest BCUT2D eigenvalue weighted by Crippen LogP contribution is 2.68. The second-order valence-electron chi connectivity index (χ2n) is 13.8. The molecule has 1 saturated heterocycles. The number of aliphatic hydroxyl groups is 2. The average Bonchev–Trinajstić information content (AvgIpc) is 3.38. The zero-order valence-corrected chi connectivity index (χ0v) is 23.2. The Kier molecular flexibility index (Phi) is 7.26. The number of aliphatic hydroxyl groups excluding tert-OH is 2. The minimum atomic E-state index is -0.926. The molecule has 7 heteroatoms. The molecule has 36 heavy (non-hydrogen) atoms. The van der Waals surface area contributed by atoms with Gasteiger partial charge in [-0.3, -0.25) is 4.79 Å². The predicted molar refractivity (Wildman–Crippen MR) is 142 cm³/mol. The monoisotopic (exact) mass is 521 g/mol. The van der Waals surface area contributed by atoms with Gasteiger partial charge >= 0.3 is 5.97 Å². The minimum Gasteiger partial charge on any atom is -0.480 e. The number of thiol groups is 1. The van der Waals surface area contributed by atoms with E-state index >= 15 is 0 Å². The molecule has 0 aromatic rings. The van der Waals surface area contributed by atoms with Crippen LogP contribution in [0.4, 0.5) is 0 Å². The van der Waals surface area contributed by atoms with E-state index in [2.05, 4.69) is 33.4 Å². The minimum absolute atomic E-state index is 0.0460. The number of hydrogen-bond donors (Lipinski definition) is 4. The molecular weight excluding hydrogens is 474 g/mol. The molecule has 12 atom stereocenters. The van der Waals surface area contributed by atoms with Crippen molar-refractivity contribution in [2.24, 2.45) is 46.3 Å². The van der Waals surface area contributed by atoms with Crippen LogP contribution in [0.5, 0.6) is 0 Å². The number of carbonyl (C=O) groups is 2. The maximum absolute atomic E-state index is 13.0. The van der Waals surface area contributed by atoms with Gasteiger partial charge in [0.05, 0.1) is 12.2 Å². The van der Waals surface area contributed by atoms with Gasteiger partial charge in [-0.1, -0.05) is 20.8 Å².